The molecule has 0 spiro atoms. The van der Waals surface area contributed by atoms with Crippen molar-refractivity contribution in [1.82, 2.24) is 20.3 Å². The van der Waals surface area contributed by atoms with Crippen molar-refractivity contribution in [2.24, 2.45) is 0 Å². The number of carbonyl (C=O) groups is 3. The van der Waals surface area contributed by atoms with Gasteiger partial charge in [0.25, 0.3) is 11.5 Å². The van der Waals surface area contributed by atoms with E-state index < -0.39 is 23.9 Å². The Hall–Kier alpha value is -4.15. The van der Waals surface area contributed by atoms with Gasteiger partial charge in [-0.3, -0.25) is 19.4 Å². The molecule has 35 heavy (non-hydrogen) atoms. The molecule has 3 aromatic rings. The first-order valence-corrected chi connectivity index (χ1v) is 11.4. The van der Waals surface area contributed by atoms with Gasteiger partial charge in [-0.2, -0.15) is 4.98 Å². The molecule has 0 aliphatic rings. The lowest BCUT2D eigenvalue weighted by Crippen LogP contribution is -2.41. The van der Waals surface area contributed by atoms with Gasteiger partial charge in [0.05, 0.1) is 5.39 Å². The van der Waals surface area contributed by atoms with E-state index in [0.717, 1.165) is 49.7 Å². The van der Waals surface area contributed by atoms with E-state index in [9.17, 15) is 24.3 Å². The molecule has 11 nitrogen and oxygen atoms in total. The first-order chi connectivity index (χ1) is 16.7. The summed E-state index contributed by atoms with van der Waals surface area (Å²) in [6.07, 6.45) is 6.79. The summed E-state index contributed by atoms with van der Waals surface area (Å²) in [5.74, 6) is -2.85. The maximum atomic E-state index is 12.3. The van der Waals surface area contributed by atoms with Crippen molar-refractivity contribution >= 4 is 34.8 Å². The molecule has 0 fully saturated rings. The third kappa shape index (κ3) is 7.16. The normalized spacial score (nSPS) is 11.9. The number of unbranched alkanes of at least 4 members (excludes halogenated alkanes) is 3. The lowest BCUT2D eigenvalue weighted by atomic mass is 10.0. The van der Waals surface area contributed by atoms with Crippen LogP contribution in [0.5, 0.6) is 0 Å². The summed E-state index contributed by atoms with van der Waals surface area (Å²) >= 11 is 0. The van der Waals surface area contributed by atoms with Gasteiger partial charge in [-0.05, 0) is 55.4 Å². The lowest BCUT2D eigenvalue weighted by molar-refractivity contribution is -0.140. The predicted octanol–water partition coefficient (Wildman–Crippen LogP) is 2.23. The average Bonchev–Trinajstić information content (AvgIpc) is 3.21. The van der Waals surface area contributed by atoms with Gasteiger partial charge < -0.3 is 26.2 Å². The number of aromatic nitrogens is 3. The van der Waals surface area contributed by atoms with Crippen molar-refractivity contribution in [3.05, 3.63) is 57.5 Å². The van der Waals surface area contributed by atoms with Crippen molar-refractivity contribution in [1.29, 1.82) is 0 Å². The van der Waals surface area contributed by atoms with Gasteiger partial charge in [0.1, 0.15) is 11.7 Å². The zero-order valence-electron chi connectivity index (χ0n) is 19.2. The van der Waals surface area contributed by atoms with Gasteiger partial charge in [-0.15, -0.1) is 0 Å². The number of aryl methyl sites for hydroxylation is 2. The van der Waals surface area contributed by atoms with Crippen molar-refractivity contribution in [2.75, 3.05) is 5.73 Å². The zero-order valence-corrected chi connectivity index (χ0v) is 19.2. The number of carboxylic acid groups (broad SMARTS) is 2. The number of carbonyl (C=O) groups excluding carboxylic acids is 1. The quantitative estimate of drug-likeness (QED) is 0.199. The standard InChI is InChI=1S/C24H29N5O6/c25-24-28-20-19(22(33)29-24)16(13-26-20)6-4-2-1-3-5-14-7-9-15(10-8-14)21(32)27-17(23(34)35)11-12-18(30)31/h7-10,13,17H,1-6,11-12H2,(H,27,32)(H,30,31)(H,34,35)(H4,25,26,28,29,33)/t17-/m0/s1. The Labute approximate surface area is 200 Å². The Bertz CT molecular complexity index is 1250. The number of nitrogens with two attached hydrogens (primary N) is 1. The molecule has 0 aliphatic heterocycles. The minimum absolute atomic E-state index is 0.0877. The van der Waals surface area contributed by atoms with Crippen molar-refractivity contribution in [3.63, 3.8) is 0 Å². The van der Waals surface area contributed by atoms with Crippen molar-refractivity contribution < 1.29 is 24.6 Å². The molecule has 7 N–H and O–H groups in total. The van der Waals surface area contributed by atoms with Crippen LogP contribution in [0.25, 0.3) is 11.0 Å². The molecule has 2 heterocycles. The average molecular weight is 484 g/mol. The monoisotopic (exact) mass is 483 g/mol. The number of nitrogens with one attached hydrogen (secondary N) is 3. The third-order valence-corrected chi connectivity index (χ3v) is 5.77. The van der Waals surface area contributed by atoms with Gasteiger partial charge in [-0.1, -0.05) is 25.0 Å². The van der Waals surface area contributed by atoms with Crippen LogP contribution in [0.3, 0.4) is 0 Å². The molecule has 186 valence electrons. The van der Waals surface area contributed by atoms with Crippen molar-refractivity contribution in [2.45, 2.75) is 57.4 Å². The Morgan fingerprint density at radius 2 is 1.71 bits per heavy atom. The predicted molar refractivity (Wildman–Crippen MR) is 129 cm³/mol. The molecule has 11 heteroatoms. The van der Waals surface area contributed by atoms with Gasteiger partial charge in [0.15, 0.2) is 0 Å². The summed E-state index contributed by atoms with van der Waals surface area (Å²) in [6.45, 7) is 0. The van der Waals surface area contributed by atoms with E-state index >= 15 is 0 Å². The highest BCUT2D eigenvalue weighted by molar-refractivity contribution is 5.96. The van der Waals surface area contributed by atoms with Gasteiger partial charge in [-0.25, -0.2) is 4.79 Å². The number of carboxylic acids is 2. The number of hydrogen-bond donors (Lipinski definition) is 6. The fourth-order valence-corrected chi connectivity index (χ4v) is 3.91. The maximum absolute atomic E-state index is 12.3. The van der Waals surface area contributed by atoms with Crippen LogP contribution in [-0.2, 0) is 22.4 Å². The van der Waals surface area contributed by atoms with E-state index in [1.165, 1.54) is 0 Å². The summed E-state index contributed by atoms with van der Waals surface area (Å²) in [6, 6.07) is 5.68. The number of nitrogens with zero attached hydrogens (tertiary/aromatic N) is 1. The smallest absolute Gasteiger partial charge is 0.326 e. The fourth-order valence-electron chi connectivity index (χ4n) is 3.91. The summed E-state index contributed by atoms with van der Waals surface area (Å²) in [7, 11) is 0. The van der Waals surface area contributed by atoms with Crippen LogP contribution in [0.15, 0.2) is 35.3 Å². The molecule has 1 amide bonds. The summed E-state index contributed by atoms with van der Waals surface area (Å²) in [5.41, 5.74) is 8.14. The van der Waals surface area contributed by atoms with E-state index in [4.69, 9.17) is 10.8 Å². The summed E-state index contributed by atoms with van der Waals surface area (Å²) in [4.78, 5) is 55.9. The minimum atomic E-state index is -1.27. The van der Waals surface area contributed by atoms with E-state index in [0.29, 0.717) is 16.6 Å². The highest BCUT2D eigenvalue weighted by Crippen LogP contribution is 2.17. The second-order valence-electron chi connectivity index (χ2n) is 8.40. The van der Waals surface area contributed by atoms with Crippen LogP contribution in [0, 0.1) is 0 Å². The molecule has 1 aromatic carbocycles. The number of H-pyrrole nitrogens is 2. The van der Waals surface area contributed by atoms with E-state index in [2.05, 4.69) is 20.3 Å². The summed E-state index contributed by atoms with van der Waals surface area (Å²) in [5, 5.41) is 20.8. The molecular formula is C24H29N5O6. The number of anilines is 1. The van der Waals surface area contributed by atoms with Crippen LogP contribution >= 0.6 is 0 Å². The molecular weight excluding hydrogens is 454 g/mol. The Kier molecular flexibility index (Phi) is 8.60. The van der Waals surface area contributed by atoms with E-state index in [1.54, 1.807) is 18.3 Å². The molecule has 0 radical (unpaired) electrons. The van der Waals surface area contributed by atoms with Crippen molar-refractivity contribution in [3.8, 4) is 0 Å². The van der Waals surface area contributed by atoms with Gasteiger partial charge in [0.2, 0.25) is 5.95 Å². The Balaban J connectivity index is 1.40. The zero-order chi connectivity index (χ0) is 25.4. The highest BCUT2D eigenvalue weighted by atomic mass is 16.4. The SMILES string of the molecule is Nc1nc2[nH]cc(CCCCCCc3ccc(C(=O)N[C@@H](CCC(=O)O)C(=O)O)cc3)c2c(=O)[nH]1. The Morgan fingerprint density at radius 3 is 2.37 bits per heavy atom. The molecule has 0 unspecified atom stereocenters. The molecule has 0 saturated carbocycles. The largest absolute Gasteiger partial charge is 0.481 e. The molecule has 0 aliphatic carbocycles. The number of nitrogen functional groups attached to an aromatic ring is 1. The number of hydrogen-bond acceptors (Lipinski definition) is 6. The summed E-state index contributed by atoms with van der Waals surface area (Å²) < 4.78 is 0. The second kappa shape index (κ2) is 11.8. The van der Waals surface area contributed by atoms with Gasteiger partial charge >= 0.3 is 11.9 Å². The molecule has 0 saturated heterocycles. The van der Waals surface area contributed by atoms with Crippen LogP contribution in [-0.4, -0.2) is 49.1 Å². The second-order valence-corrected chi connectivity index (χ2v) is 8.40. The number of benzene rings is 1. The van der Waals surface area contributed by atoms with Crippen LogP contribution < -0.4 is 16.6 Å². The van der Waals surface area contributed by atoms with Crippen LogP contribution in [0.1, 0.15) is 60.0 Å². The van der Waals surface area contributed by atoms with E-state index in [1.807, 2.05) is 12.1 Å². The first-order valence-electron chi connectivity index (χ1n) is 11.4. The first kappa shape index (κ1) is 25.5. The number of fused-ring (bicyclic) bond motifs is 1. The minimum Gasteiger partial charge on any atom is -0.481 e. The molecule has 0 bridgehead atoms. The topological polar surface area (TPSA) is 191 Å². The number of aromatic amines is 2. The molecule has 3 rings (SSSR count). The van der Waals surface area contributed by atoms with Crippen LogP contribution in [0.2, 0.25) is 0 Å². The fraction of sp³-hybridized carbons (Fsp3) is 0.375. The maximum Gasteiger partial charge on any atom is 0.326 e. The molecule has 2 aromatic heterocycles. The molecule has 1 atom stereocenters. The lowest BCUT2D eigenvalue weighted by Gasteiger charge is -2.13. The number of aliphatic carboxylic acids is 2. The van der Waals surface area contributed by atoms with E-state index in [-0.39, 0.29) is 24.3 Å². The van der Waals surface area contributed by atoms with Gasteiger partial charge in [0, 0.05) is 18.2 Å². The third-order valence-electron chi connectivity index (χ3n) is 5.77. The number of amides is 1. The number of rotatable bonds is 13. The highest BCUT2D eigenvalue weighted by Gasteiger charge is 2.21. The van der Waals surface area contributed by atoms with Crippen LogP contribution in [0.4, 0.5) is 5.95 Å². The Morgan fingerprint density at radius 1 is 1.03 bits per heavy atom.